The van der Waals surface area contributed by atoms with Crippen molar-refractivity contribution in [1.82, 2.24) is 10.2 Å². The Kier molecular flexibility index (Phi) is 6.46. The van der Waals surface area contributed by atoms with Crippen LogP contribution in [0.3, 0.4) is 0 Å². The average molecular weight is 499 g/mol. The van der Waals surface area contributed by atoms with E-state index in [0.29, 0.717) is 15.8 Å². The molecule has 4 aromatic rings. The van der Waals surface area contributed by atoms with Gasteiger partial charge in [0.05, 0.1) is 10.7 Å². The quantitative estimate of drug-likeness (QED) is 0.364. The summed E-state index contributed by atoms with van der Waals surface area (Å²) in [5.74, 6) is -0.523. The second kappa shape index (κ2) is 9.30. The molecule has 10 heteroatoms. The van der Waals surface area contributed by atoms with Crippen LogP contribution >= 0.6 is 22.9 Å². The fourth-order valence-corrected chi connectivity index (χ4v) is 5.40. The highest BCUT2D eigenvalue weighted by molar-refractivity contribution is 7.92. The van der Waals surface area contributed by atoms with Crippen LogP contribution in [0.5, 0.6) is 0 Å². The summed E-state index contributed by atoms with van der Waals surface area (Å²) >= 11 is 7.38. The number of amides is 1. The maximum atomic E-state index is 12.9. The van der Waals surface area contributed by atoms with Crippen LogP contribution in [0.25, 0.3) is 10.6 Å². The molecule has 0 spiro atoms. The maximum absolute atomic E-state index is 12.9. The highest BCUT2D eigenvalue weighted by Gasteiger charge is 2.21. The summed E-state index contributed by atoms with van der Waals surface area (Å²) in [6.45, 7) is 3.78. The molecule has 0 aliphatic carbocycles. The van der Waals surface area contributed by atoms with E-state index in [2.05, 4.69) is 20.2 Å². The summed E-state index contributed by atoms with van der Waals surface area (Å²) in [6, 6.07) is 18.8. The lowest BCUT2D eigenvalue weighted by molar-refractivity contribution is 0.102. The summed E-state index contributed by atoms with van der Waals surface area (Å²) in [5.41, 5.74) is 3.33. The number of anilines is 2. The van der Waals surface area contributed by atoms with Crippen LogP contribution in [0.4, 0.5) is 10.8 Å². The number of aromatic nitrogens is 2. The first kappa shape index (κ1) is 22.9. The van der Waals surface area contributed by atoms with Gasteiger partial charge in [-0.05, 0) is 43.7 Å². The van der Waals surface area contributed by atoms with Crippen LogP contribution in [-0.4, -0.2) is 24.5 Å². The van der Waals surface area contributed by atoms with Gasteiger partial charge in [0, 0.05) is 11.1 Å². The molecule has 4 rings (SSSR count). The SMILES string of the molecule is Cc1ccc(-c2nnc(NC(=O)c3ccc(Cl)c(S(=O)(=O)Nc4ccccc4C)c3)s2)cc1. The van der Waals surface area contributed by atoms with Crippen LogP contribution in [0.15, 0.2) is 71.6 Å². The number of hydrogen-bond acceptors (Lipinski definition) is 6. The number of benzene rings is 3. The van der Waals surface area contributed by atoms with Crippen molar-refractivity contribution < 1.29 is 13.2 Å². The highest BCUT2D eigenvalue weighted by Crippen LogP contribution is 2.29. The Morgan fingerprint density at radius 3 is 2.42 bits per heavy atom. The molecule has 0 saturated carbocycles. The number of nitrogens with zero attached hydrogens (tertiary/aromatic N) is 2. The third-order valence-corrected chi connectivity index (χ3v) is 7.55. The molecule has 1 heterocycles. The molecule has 0 aliphatic heterocycles. The third kappa shape index (κ3) is 5.22. The van der Waals surface area contributed by atoms with E-state index >= 15 is 0 Å². The molecule has 0 aliphatic rings. The van der Waals surface area contributed by atoms with Crippen LogP contribution in [-0.2, 0) is 10.0 Å². The number of hydrogen-bond donors (Lipinski definition) is 2. The van der Waals surface area contributed by atoms with E-state index in [0.717, 1.165) is 16.7 Å². The van der Waals surface area contributed by atoms with Gasteiger partial charge in [-0.25, -0.2) is 8.42 Å². The molecule has 7 nitrogen and oxygen atoms in total. The minimum absolute atomic E-state index is 0.00482. The van der Waals surface area contributed by atoms with Crippen molar-refractivity contribution in [2.45, 2.75) is 18.7 Å². The largest absolute Gasteiger partial charge is 0.296 e. The van der Waals surface area contributed by atoms with Gasteiger partial charge in [0.25, 0.3) is 15.9 Å². The molecule has 33 heavy (non-hydrogen) atoms. The van der Waals surface area contributed by atoms with E-state index in [1.165, 1.54) is 29.5 Å². The zero-order valence-corrected chi connectivity index (χ0v) is 20.1. The molecule has 0 radical (unpaired) electrons. The molecule has 0 atom stereocenters. The minimum Gasteiger partial charge on any atom is -0.296 e. The van der Waals surface area contributed by atoms with E-state index in [9.17, 15) is 13.2 Å². The third-order valence-electron chi connectivity index (χ3n) is 4.82. The predicted molar refractivity (Wildman–Crippen MR) is 131 cm³/mol. The maximum Gasteiger partial charge on any atom is 0.263 e. The van der Waals surface area contributed by atoms with Crippen molar-refractivity contribution in [2.24, 2.45) is 0 Å². The first-order chi connectivity index (χ1) is 15.7. The predicted octanol–water partition coefficient (Wildman–Crippen LogP) is 5.53. The highest BCUT2D eigenvalue weighted by atomic mass is 35.5. The van der Waals surface area contributed by atoms with Gasteiger partial charge in [-0.15, -0.1) is 10.2 Å². The summed E-state index contributed by atoms with van der Waals surface area (Å²) in [7, 11) is -4.02. The molecule has 0 fully saturated rings. The van der Waals surface area contributed by atoms with Gasteiger partial charge >= 0.3 is 0 Å². The number of halogens is 1. The van der Waals surface area contributed by atoms with Crippen molar-refractivity contribution in [3.05, 3.63) is 88.4 Å². The van der Waals surface area contributed by atoms with Crippen LogP contribution in [0.1, 0.15) is 21.5 Å². The standard InChI is InChI=1S/C23H19ClN4O3S2/c1-14-7-9-16(10-8-14)22-26-27-23(32-22)25-21(29)17-11-12-18(24)20(13-17)33(30,31)28-19-6-4-3-5-15(19)2/h3-13,28H,1-2H3,(H,25,27,29). The Morgan fingerprint density at radius 1 is 0.970 bits per heavy atom. The smallest absolute Gasteiger partial charge is 0.263 e. The Bertz CT molecular complexity index is 1430. The van der Waals surface area contributed by atoms with E-state index in [-0.39, 0.29) is 15.5 Å². The fourth-order valence-electron chi connectivity index (χ4n) is 2.99. The number of rotatable bonds is 6. The molecule has 3 aromatic carbocycles. The monoisotopic (exact) mass is 498 g/mol. The first-order valence-electron chi connectivity index (χ1n) is 9.83. The van der Waals surface area contributed by atoms with Gasteiger partial charge in [0.1, 0.15) is 9.90 Å². The topological polar surface area (TPSA) is 101 Å². The van der Waals surface area contributed by atoms with Crippen molar-refractivity contribution in [3.63, 3.8) is 0 Å². The lowest BCUT2D eigenvalue weighted by Gasteiger charge is -2.12. The van der Waals surface area contributed by atoms with Gasteiger partial charge in [0.2, 0.25) is 5.13 Å². The van der Waals surface area contributed by atoms with Crippen molar-refractivity contribution >= 4 is 49.7 Å². The molecule has 0 saturated heterocycles. The van der Waals surface area contributed by atoms with Crippen molar-refractivity contribution in [2.75, 3.05) is 10.0 Å². The molecule has 1 amide bonds. The molecule has 0 bridgehead atoms. The number of sulfonamides is 1. The fraction of sp³-hybridized carbons (Fsp3) is 0.0870. The Labute approximate surface area is 200 Å². The number of nitrogens with one attached hydrogen (secondary N) is 2. The van der Waals surface area contributed by atoms with E-state index in [1.807, 2.05) is 37.3 Å². The van der Waals surface area contributed by atoms with Crippen molar-refractivity contribution in [1.29, 1.82) is 0 Å². The normalized spacial score (nSPS) is 11.2. The van der Waals surface area contributed by atoms with Crippen LogP contribution < -0.4 is 10.0 Å². The van der Waals surface area contributed by atoms with E-state index < -0.39 is 15.9 Å². The minimum atomic E-state index is -4.02. The van der Waals surface area contributed by atoms with Gasteiger partial charge < -0.3 is 0 Å². The molecule has 2 N–H and O–H groups in total. The number of aryl methyl sites for hydroxylation is 2. The lowest BCUT2D eigenvalue weighted by atomic mass is 10.2. The zero-order valence-electron chi connectivity index (χ0n) is 17.7. The van der Waals surface area contributed by atoms with Gasteiger partial charge in [-0.3, -0.25) is 14.8 Å². The first-order valence-corrected chi connectivity index (χ1v) is 12.5. The zero-order chi connectivity index (χ0) is 23.6. The molecular weight excluding hydrogens is 480 g/mol. The van der Waals surface area contributed by atoms with Crippen LogP contribution in [0, 0.1) is 13.8 Å². The van der Waals surface area contributed by atoms with E-state index in [1.54, 1.807) is 25.1 Å². The lowest BCUT2D eigenvalue weighted by Crippen LogP contribution is -2.17. The summed E-state index contributed by atoms with van der Waals surface area (Å²) in [4.78, 5) is 12.6. The van der Waals surface area contributed by atoms with Gasteiger partial charge in [-0.1, -0.05) is 71.0 Å². The number of para-hydroxylation sites is 1. The summed E-state index contributed by atoms with van der Waals surface area (Å²) in [5, 5.41) is 11.8. The van der Waals surface area contributed by atoms with Crippen LogP contribution in [0.2, 0.25) is 5.02 Å². The molecule has 0 unspecified atom stereocenters. The van der Waals surface area contributed by atoms with Gasteiger partial charge in [-0.2, -0.15) is 0 Å². The second-order valence-electron chi connectivity index (χ2n) is 7.30. The summed E-state index contributed by atoms with van der Waals surface area (Å²) in [6.07, 6.45) is 0. The average Bonchev–Trinajstić information content (AvgIpc) is 3.24. The number of carbonyl (C=O) groups is 1. The Balaban J connectivity index is 1.55. The van der Waals surface area contributed by atoms with E-state index in [4.69, 9.17) is 11.6 Å². The number of carbonyl (C=O) groups excluding carboxylic acids is 1. The second-order valence-corrected chi connectivity index (χ2v) is 10.3. The van der Waals surface area contributed by atoms with Gasteiger partial charge in [0.15, 0.2) is 0 Å². The summed E-state index contributed by atoms with van der Waals surface area (Å²) < 4.78 is 28.4. The Morgan fingerprint density at radius 2 is 1.70 bits per heavy atom. The van der Waals surface area contributed by atoms with Crippen molar-refractivity contribution in [3.8, 4) is 10.6 Å². The Hall–Kier alpha value is -3.27. The molecular formula is C23H19ClN4O3S2. The molecule has 1 aromatic heterocycles. The molecule has 168 valence electrons.